The average Bonchev–Trinajstić information content (AvgIpc) is 2.46. The van der Waals surface area contributed by atoms with Crippen molar-refractivity contribution in [1.82, 2.24) is 0 Å². The zero-order valence-electron chi connectivity index (χ0n) is 10.5. The van der Waals surface area contributed by atoms with E-state index in [9.17, 15) is 14.7 Å². The predicted octanol–water partition coefficient (Wildman–Crippen LogP) is 2.99. The number of ketones is 1. The van der Waals surface area contributed by atoms with Gasteiger partial charge in [0.05, 0.1) is 11.1 Å². The first-order valence-corrected chi connectivity index (χ1v) is 5.91. The van der Waals surface area contributed by atoms with E-state index in [0.717, 1.165) is 11.6 Å². The molecule has 0 fully saturated rings. The van der Waals surface area contributed by atoms with Gasteiger partial charge < -0.3 is 10.2 Å². The van der Waals surface area contributed by atoms with Gasteiger partial charge in [-0.25, -0.2) is 4.79 Å². The number of benzene rings is 2. The Labute approximate surface area is 115 Å². The summed E-state index contributed by atoms with van der Waals surface area (Å²) in [6.07, 6.45) is 2.91. The van der Waals surface area contributed by atoms with Gasteiger partial charge in [0, 0.05) is 0 Å². The highest BCUT2D eigenvalue weighted by Gasteiger charge is 2.12. The number of carboxylic acids is 1. The van der Waals surface area contributed by atoms with Crippen molar-refractivity contribution in [2.75, 3.05) is 0 Å². The third-order valence-corrected chi connectivity index (χ3v) is 2.74. The van der Waals surface area contributed by atoms with Crippen molar-refractivity contribution in [2.45, 2.75) is 0 Å². The number of allylic oxidation sites excluding steroid dienone is 1. The van der Waals surface area contributed by atoms with Crippen LogP contribution in [0.1, 0.15) is 26.3 Å². The van der Waals surface area contributed by atoms with Gasteiger partial charge in [0.25, 0.3) is 0 Å². The predicted molar refractivity (Wildman–Crippen MR) is 74.9 cm³/mol. The van der Waals surface area contributed by atoms with Crippen molar-refractivity contribution in [3.63, 3.8) is 0 Å². The van der Waals surface area contributed by atoms with Crippen LogP contribution in [0.15, 0.2) is 54.6 Å². The second-order valence-corrected chi connectivity index (χ2v) is 4.15. The molecule has 0 radical (unpaired) electrons. The van der Waals surface area contributed by atoms with E-state index in [0.29, 0.717) is 0 Å². The maximum absolute atomic E-state index is 12.0. The fourth-order valence-corrected chi connectivity index (χ4v) is 1.69. The van der Waals surface area contributed by atoms with Gasteiger partial charge in [-0.1, -0.05) is 36.4 Å². The molecule has 0 unspecified atom stereocenters. The van der Waals surface area contributed by atoms with E-state index in [1.165, 1.54) is 18.2 Å². The number of phenolic OH excluding ortho intramolecular Hbond substituents is 1. The molecule has 0 aliphatic carbocycles. The summed E-state index contributed by atoms with van der Waals surface area (Å²) in [4.78, 5) is 22.8. The minimum atomic E-state index is -1.15. The number of rotatable bonds is 4. The van der Waals surface area contributed by atoms with E-state index in [2.05, 4.69) is 0 Å². The number of carboxylic acid groups (broad SMARTS) is 1. The van der Waals surface area contributed by atoms with Gasteiger partial charge in [0.15, 0.2) is 5.78 Å². The van der Waals surface area contributed by atoms with E-state index in [4.69, 9.17) is 5.11 Å². The van der Waals surface area contributed by atoms with Crippen molar-refractivity contribution >= 4 is 17.8 Å². The highest BCUT2D eigenvalue weighted by atomic mass is 16.4. The second-order valence-electron chi connectivity index (χ2n) is 4.15. The number of hydrogen-bond acceptors (Lipinski definition) is 3. The van der Waals surface area contributed by atoms with E-state index >= 15 is 0 Å². The summed E-state index contributed by atoms with van der Waals surface area (Å²) in [5.41, 5.74) is 0.770. The summed E-state index contributed by atoms with van der Waals surface area (Å²) < 4.78 is 0. The zero-order chi connectivity index (χ0) is 14.5. The highest BCUT2D eigenvalue weighted by molar-refractivity contribution is 6.09. The number of hydrogen-bond donors (Lipinski definition) is 2. The lowest BCUT2D eigenvalue weighted by Crippen LogP contribution is -2.01. The van der Waals surface area contributed by atoms with Crippen molar-refractivity contribution in [1.29, 1.82) is 0 Å². The molecular formula is C16H12O4. The Balaban J connectivity index is 2.27. The van der Waals surface area contributed by atoms with Crippen LogP contribution in [0, 0.1) is 0 Å². The topological polar surface area (TPSA) is 74.6 Å². The van der Waals surface area contributed by atoms with Gasteiger partial charge in [-0.15, -0.1) is 0 Å². The number of carbonyl (C=O) groups is 2. The number of aromatic hydroxyl groups is 1. The first-order chi connectivity index (χ1) is 9.58. The van der Waals surface area contributed by atoms with E-state index < -0.39 is 11.8 Å². The van der Waals surface area contributed by atoms with Crippen LogP contribution in [-0.4, -0.2) is 22.0 Å². The van der Waals surface area contributed by atoms with Crippen molar-refractivity contribution in [3.8, 4) is 5.75 Å². The van der Waals surface area contributed by atoms with Gasteiger partial charge >= 0.3 is 5.97 Å². The molecule has 0 saturated heterocycles. The summed E-state index contributed by atoms with van der Waals surface area (Å²) in [5.74, 6) is -1.83. The first-order valence-electron chi connectivity index (χ1n) is 5.91. The smallest absolute Gasteiger partial charge is 0.335 e. The van der Waals surface area contributed by atoms with Crippen LogP contribution in [-0.2, 0) is 0 Å². The largest absolute Gasteiger partial charge is 0.507 e. The van der Waals surface area contributed by atoms with Gasteiger partial charge in [0.1, 0.15) is 5.75 Å². The van der Waals surface area contributed by atoms with Crippen LogP contribution in [0.3, 0.4) is 0 Å². The first kappa shape index (κ1) is 13.5. The van der Waals surface area contributed by atoms with Crippen LogP contribution >= 0.6 is 0 Å². The van der Waals surface area contributed by atoms with Crippen LogP contribution in [0.25, 0.3) is 6.08 Å². The summed E-state index contributed by atoms with van der Waals surface area (Å²) in [6, 6.07) is 12.8. The maximum atomic E-state index is 12.0. The van der Waals surface area contributed by atoms with Crippen molar-refractivity contribution < 1.29 is 19.8 Å². The van der Waals surface area contributed by atoms with E-state index in [-0.39, 0.29) is 16.9 Å². The Bertz CT molecular complexity index is 672. The molecule has 0 amide bonds. The summed E-state index contributed by atoms with van der Waals surface area (Å²) in [7, 11) is 0. The summed E-state index contributed by atoms with van der Waals surface area (Å²) >= 11 is 0. The second kappa shape index (κ2) is 5.84. The summed E-state index contributed by atoms with van der Waals surface area (Å²) in [5, 5.41) is 18.5. The molecule has 0 spiro atoms. The molecular weight excluding hydrogens is 256 g/mol. The summed E-state index contributed by atoms with van der Waals surface area (Å²) in [6.45, 7) is 0. The van der Waals surface area contributed by atoms with Crippen LogP contribution in [0.5, 0.6) is 5.75 Å². The third kappa shape index (κ3) is 3.11. The Hall–Kier alpha value is -2.88. The van der Waals surface area contributed by atoms with Gasteiger partial charge in [-0.2, -0.15) is 0 Å². The fourth-order valence-electron chi connectivity index (χ4n) is 1.69. The molecule has 100 valence electrons. The van der Waals surface area contributed by atoms with E-state index in [1.807, 2.05) is 30.3 Å². The Morgan fingerprint density at radius 1 is 1.00 bits per heavy atom. The fraction of sp³-hybridized carbons (Fsp3) is 0. The minimum absolute atomic E-state index is 0.0305. The molecule has 0 saturated carbocycles. The molecule has 2 rings (SSSR count). The molecule has 0 heterocycles. The van der Waals surface area contributed by atoms with Crippen LogP contribution < -0.4 is 0 Å². The van der Waals surface area contributed by atoms with Gasteiger partial charge in [0.2, 0.25) is 0 Å². The van der Waals surface area contributed by atoms with Gasteiger partial charge in [-0.3, -0.25) is 4.79 Å². The molecule has 2 N–H and O–H groups in total. The molecule has 20 heavy (non-hydrogen) atoms. The lowest BCUT2D eigenvalue weighted by atomic mass is 10.0. The SMILES string of the molecule is O=C(O)c1ccc(O)c(C(=O)/C=C/c2ccccc2)c1. The van der Waals surface area contributed by atoms with Crippen molar-refractivity contribution in [3.05, 3.63) is 71.3 Å². The maximum Gasteiger partial charge on any atom is 0.335 e. The molecule has 0 aromatic heterocycles. The zero-order valence-corrected chi connectivity index (χ0v) is 10.5. The standard InChI is InChI=1S/C16H12O4/c17-14(8-6-11-4-2-1-3-5-11)13-10-12(16(19)20)7-9-15(13)18/h1-10,18H,(H,19,20)/b8-6+. The normalized spacial score (nSPS) is 10.6. The number of carbonyl (C=O) groups excluding carboxylic acids is 1. The molecule has 2 aromatic carbocycles. The average molecular weight is 268 g/mol. The number of phenols is 1. The Morgan fingerprint density at radius 3 is 2.35 bits per heavy atom. The quantitative estimate of drug-likeness (QED) is 0.660. The molecule has 0 aliphatic heterocycles. The Morgan fingerprint density at radius 2 is 1.70 bits per heavy atom. The molecule has 0 aliphatic rings. The van der Waals surface area contributed by atoms with Gasteiger partial charge in [-0.05, 0) is 29.8 Å². The molecule has 4 nitrogen and oxygen atoms in total. The van der Waals surface area contributed by atoms with Crippen LogP contribution in [0.2, 0.25) is 0 Å². The third-order valence-electron chi connectivity index (χ3n) is 2.74. The Kier molecular flexibility index (Phi) is 3.96. The molecule has 0 atom stereocenters. The highest BCUT2D eigenvalue weighted by Crippen LogP contribution is 2.20. The lowest BCUT2D eigenvalue weighted by molar-refractivity contribution is 0.0697. The minimum Gasteiger partial charge on any atom is -0.507 e. The van der Waals surface area contributed by atoms with Crippen LogP contribution in [0.4, 0.5) is 0 Å². The van der Waals surface area contributed by atoms with Crippen molar-refractivity contribution in [2.24, 2.45) is 0 Å². The number of aromatic carboxylic acids is 1. The lowest BCUT2D eigenvalue weighted by Gasteiger charge is -2.02. The monoisotopic (exact) mass is 268 g/mol. The molecule has 0 bridgehead atoms. The van der Waals surface area contributed by atoms with E-state index in [1.54, 1.807) is 6.08 Å². The molecule has 4 heteroatoms. The molecule has 2 aromatic rings.